The number of carbonyl (C=O) groups excluding carboxylic acids is 5. The van der Waals surface area contributed by atoms with E-state index < -0.39 is 34.3 Å². The molecule has 4 N–H and O–H groups in total. The van der Waals surface area contributed by atoms with Gasteiger partial charge in [-0.1, -0.05) is 36.4 Å². The smallest absolute Gasteiger partial charge is 0.414 e. The first-order valence-electron chi connectivity index (χ1n) is 21.1. The second-order valence-corrected chi connectivity index (χ2v) is 17.5. The topological polar surface area (TPSA) is 241 Å². The molecule has 0 bridgehead atoms. The number of piperazine rings is 1. The van der Waals surface area contributed by atoms with Gasteiger partial charge in [0.15, 0.2) is 0 Å². The van der Waals surface area contributed by atoms with Crippen LogP contribution < -0.4 is 20.4 Å². The summed E-state index contributed by atoms with van der Waals surface area (Å²) < 4.78 is 42.7. The van der Waals surface area contributed by atoms with Crippen LogP contribution in [0, 0.1) is 10.8 Å². The van der Waals surface area contributed by atoms with Crippen LogP contribution in [0.5, 0.6) is 0 Å². The average molecular weight is 925 g/mol. The minimum absolute atomic E-state index is 0.0149. The molecule has 4 aromatic carbocycles. The molecule has 0 aromatic heterocycles. The van der Waals surface area contributed by atoms with Gasteiger partial charge in [0, 0.05) is 66.4 Å². The third-order valence-electron chi connectivity index (χ3n) is 10.3. The molecule has 2 unspecified atom stereocenters. The van der Waals surface area contributed by atoms with Gasteiger partial charge >= 0.3 is 18.2 Å². The predicted octanol–water partition coefficient (Wildman–Crippen LogP) is 4.08. The van der Waals surface area contributed by atoms with E-state index in [1.807, 2.05) is 19.9 Å². The van der Waals surface area contributed by atoms with E-state index in [-0.39, 0.29) is 48.9 Å². The van der Waals surface area contributed by atoms with Gasteiger partial charge in [-0.25, -0.2) is 9.59 Å². The van der Waals surface area contributed by atoms with E-state index in [4.69, 9.17) is 25.0 Å². The van der Waals surface area contributed by atoms with Gasteiger partial charge in [0.2, 0.25) is 0 Å². The number of anilines is 2. The van der Waals surface area contributed by atoms with Crippen molar-refractivity contribution in [2.24, 2.45) is 0 Å². The lowest BCUT2D eigenvalue weighted by Gasteiger charge is -2.34. The van der Waals surface area contributed by atoms with Crippen molar-refractivity contribution in [1.29, 1.82) is 10.8 Å². The molecule has 3 heterocycles. The zero-order valence-corrected chi connectivity index (χ0v) is 37.5. The fourth-order valence-electron chi connectivity index (χ4n) is 7.06. The summed E-state index contributed by atoms with van der Waals surface area (Å²) in [5, 5.41) is 21.4. The molecule has 3 saturated heterocycles. The number of carbonyl (C=O) groups is 5. The molecule has 0 spiro atoms. The molecule has 0 saturated carbocycles. The van der Waals surface area contributed by atoms with Crippen molar-refractivity contribution in [2.75, 3.05) is 75.0 Å². The Morgan fingerprint density at radius 3 is 1.52 bits per heavy atom. The van der Waals surface area contributed by atoms with E-state index in [9.17, 15) is 32.4 Å². The summed E-state index contributed by atoms with van der Waals surface area (Å²) in [6.07, 6.45) is -1.18. The lowest BCUT2D eigenvalue weighted by atomic mass is 10.1. The number of ether oxygens (including phenoxy) is 3. The van der Waals surface area contributed by atoms with Gasteiger partial charge in [-0.15, -0.1) is 0 Å². The van der Waals surface area contributed by atoms with Crippen molar-refractivity contribution in [2.45, 2.75) is 32.2 Å². The standard InChI is InChI=1S/C27H33N5O5.C19H19N3O6S/c1-19(2)36-24(33)18-31-14-12-30(13-15-31)16-23-17-32(27(35)37-23)22-10-8-20(9-11-22)25(28)29-26(34)21-6-4-3-5-7-21;1-29(25,26)27-12-16-11-22(19(24)28-16)15-9-7-13(8-10-15)17(20)21-18(23)14-5-3-2-4-6-14/h3-11,19,23H,12-18H2,1-2H3,(H2,28,29,34);2-10,16H,11-12H2,1H3,(H2,20,21,23). The Bertz CT molecular complexity index is 2480. The van der Waals surface area contributed by atoms with Gasteiger partial charge in [0.1, 0.15) is 30.5 Å². The molecule has 4 aromatic rings. The quantitative estimate of drug-likeness (QED) is 0.0459. The Balaban J connectivity index is 0.000000225. The van der Waals surface area contributed by atoms with E-state index in [1.165, 1.54) is 4.90 Å². The normalized spacial score (nSPS) is 17.6. The van der Waals surface area contributed by atoms with Crippen molar-refractivity contribution in [1.82, 2.24) is 20.4 Å². The summed E-state index contributed by atoms with van der Waals surface area (Å²) in [5.74, 6) is -1.04. The highest BCUT2D eigenvalue weighted by Gasteiger charge is 2.35. The van der Waals surface area contributed by atoms with Gasteiger partial charge in [0.25, 0.3) is 21.9 Å². The fourth-order valence-corrected chi connectivity index (χ4v) is 7.46. The second kappa shape index (κ2) is 22.3. The number of cyclic esters (lactones) is 2. The molecule has 0 radical (unpaired) electrons. The predicted molar refractivity (Wildman–Crippen MR) is 244 cm³/mol. The Morgan fingerprint density at radius 1 is 0.652 bits per heavy atom. The molecule has 2 atom stereocenters. The maximum Gasteiger partial charge on any atom is 0.414 e. The van der Waals surface area contributed by atoms with Crippen LogP contribution in [-0.2, 0) is 33.3 Å². The average Bonchev–Trinajstić information content (AvgIpc) is 3.87. The van der Waals surface area contributed by atoms with Gasteiger partial charge in [-0.2, -0.15) is 8.42 Å². The summed E-state index contributed by atoms with van der Waals surface area (Å²) in [4.78, 5) is 68.1. The number of amides is 4. The van der Waals surface area contributed by atoms with Crippen LogP contribution >= 0.6 is 0 Å². The molecule has 7 rings (SSSR count). The molecule has 3 aliphatic heterocycles. The molecule has 4 amide bonds. The number of hydrogen-bond acceptors (Lipinski definition) is 15. The lowest BCUT2D eigenvalue weighted by molar-refractivity contribution is -0.149. The lowest BCUT2D eigenvalue weighted by Crippen LogP contribution is -2.50. The number of esters is 1. The third kappa shape index (κ3) is 14.0. The van der Waals surface area contributed by atoms with Crippen molar-refractivity contribution < 1.29 is 50.8 Å². The Hall–Kier alpha value is -7.00. The molecule has 0 aliphatic carbocycles. The highest BCUT2D eigenvalue weighted by molar-refractivity contribution is 7.86. The van der Waals surface area contributed by atoms with E-state index in [0.717, 1.165) is 32.4 Å². The zero-order valence-electron chi connectivity index (χ0n) is 36.7. The molecular weight excluding hydrogens is 873 g/mol. The summed E-state index contributed by atoms with van der Waals surface area (Å²) in [6, 6.07) is 30.6. The van der Waals surface area contributed by atoms with Crippen LogP contribution in [0.15, 0.2) is 109 Å². The number of nitrogens with one attached hydrogen (secondary N) is 4. The Kier molecular flexibility index (Phi) is 16.3. The summed E-state index contributed by atoms with van der Waals surface area (Å²) in [7, 11) is -3.62. The van der Waals surface area contributed by atoms with Gasteiger partial charge in [-0.3, -0.25) is 49.0 Å². The third-order valence-corrected chi connectivity index (χ3v) is 10.9. The van der Waals surface area contributed by atoms with Crippen molar-refractivity contribution >= 4 is 63.1 Å². The number of amidine groups is 2. The zero-order chi connectivity index (χ0) is 47.4. The molecule has 3 fully saturated rings. The Morgan fingerprint density at radius 2 is 1.08 bits per heavy atom. The minimum atomic E-state index is -3.62. The van der Waals surface area contributed by atoms with E-state index in [2.05, 4.69) is 24.6 Å². The van der Waals surface area contributed by atoms with Crippen LogP contribution in [0.25, 0.3) is 0 Å². The van der Waals surface area contributed by atoms with E-state index >= 15 is 0 Å². The van der Waals surface area contributed by atoms with Crippen LogP contribution in [0.2, 0.25) is 0 Å². The van der Waals surface area contributed by atoms with Crippen LogP contribution in [0.1, 0.15) is 45.7 Å². The van der Waals surface area contributed by atoms with Crippen LogP contribution in [0.4, 0.5) is 21.0 Å². The molecule has 3 aliphatic rings. The van der Waals surface area contributed by atoms with Crippen molar-refractivity contribution in [3.8, 4) is 0 Å². The number of benzene rings is 4. The fraction of sp³-hybridized carbons (Fsp3) is 0.326. The molecule has 19 nitrogen and oxygen atoms in total. The van der Waals surface area contributed by atoms with Crippen LogP contribution in [-0.4, -0.2) is 143 Å². The summed E-state index contributed by atoms with van der Waals surface area (Å²) in [6.45, 7) is 8.00. The van der Waals surface area contributed by atoms with Gasteiger partial charge < -0.3 is 24.8 Å². The maximum absolute atomic E-state index is 12.5. The maximum atomic E-state index is 12.5. The largest absolute Gasteiger partial charge is 0.462 e. The van der Waals surface area contributed by atoms with Crippen molar-refractivity contribution in [3.05, 3.63) is 131 Å². The Labute approximate surface area is 382 Å². The molecule has 66 heavy (non-hydrogen) atoms. The van der Waals surface area contributed by atoms with Gasteiger partial charge in [-0.05, 0) is 86.6 Å². The summed E-state index contributed by atoms with van der Waals surface area (Å²) in [5.41, 5.74) is 3.10. The summed E-state index contributed by atoms with van der Waals surface area (Å²) >= 11 is 0. The highest BCUT2D eigenvalue weighted by atomic mass is 32.2. The molecule has 348 valence electrons. The molecule has 20 heteroatoms. The van der Waals surface area contributed by atoms with E-state index in [0.29, 0.717) is 53.3 Å². The first kappa shape index (κ1) is 48.5. The second-order valence-electron chi connectivity index (χ2n) is 15.8. The SMILES string of the molecule is CC(C)OC(=O)CN1CCN(CC2CN(c3ccc(C(=N)NC(=O)c4ccccc4)cc3)C(=O)O2)CC1.CS(=O)(=O)OCC1CN(c2ccc(C(=N)NC(=O)c3ccccc3)cc2)C(=O)O1. The van der Waals surface area contributed by atoms with E-state index in [1.54, 1.807) is 108 Å². The van der Waals surface area contributed by atoms with Crippen molar-refractivity contribution in [3.63, 3.8) is 0 Å². The minimum Gasteiger partial charge on any atom is -0.462 e. The first-order chi connectivity index (χ1) is 31.5. The van der Waals surface area contributed by atoms with Gasteiger partial charge in [0.05, 0.1) is 32.0 Å². The number of hydrogen-bond donors (Lipinski definition) is 4. The highest BCUT2D eigenvalue weighted by Crippen LogP contribution is 2.24. The number of rotatable bonds is 14. The number of nitrogens with zero attached hydrogens (tertiary/aromatic N) is 4. The first-order valence-corrected chi connectivity index (χ1v) is 22.9. The monoisotopic (exact) mass is 924 g/mol. The molecular formula is C46H52N8O11S. The van der Waals surface area contributed by atoms with Crippen LogP contribution in [0.3, 0.4) is 0 Å².